The van der Waals surface area contributed by atoms with E-state index in [4.69, 9.17) is 9.97 Å². The zero-order chi connectivity index (χ0) is 21.7. The van der Waals surface area contributed by atoms with Gasteiger partial charge in [0.25, 0.3) is 5.56 Å². The summed E-state index contributed by atoms with van der Waals surface area (Å²) in [4.78, 5) is 30.1. The second-order valence-corrected chi connectivity index (χ2v) is 10.5. The summed E-state index contributed by atoms with van der Waals surface area (Å²) in [6, 6.07) is 2.17. The predicted molar refractivity (Wildman–Crippen MR) is 128 cm³/mol. The van der Waals surface area contributed by atoms with Crippen LogP contribution in [0.15, 0.2) is 22.2 Å². The fraction of sp³-hybridized carbons (Fsp3) is 0.478. The van der Waals surface area contributed by atoms with Crippen LogP contribution in [0, 0.1) is 13.8 Å². The molecule has 0 N–H and O–H groups in total. The van der Waals surface area contributed by atoms with Crippen LogP contribution in [-0.2, 0) is 18.6 Å². The Hall–Kier alpha value is -2.19. The Labute approximate surface area is 189 Å². The van der Waals surface area contributed by atoms with Gasteiger partial charge >= 0.3 is 0 Å². The Morgan fingerprint density at radius 1 is 1.19 bits per heavy atom. The van der Waals surface area contributed by atoms with Crippen molar-refractivity contribution >= 4 is 39.1 Å². The van der Waals surface area contributed by atoms with Crippen LogP contribution in [0.5, 0.6) is 0 Å². The van der Waals surface area contributed by atoms with Crippen LogP contribution < -0.4 is 5.56 Å². The van der Waals surface area contributed by atoms with Crippen molar-refractivity contribution in [2.45, 2.75) is 76.8 Å². The molecule has 0 spiro atoms. The first-order valence-electron chi connectivity index (χ1n) is 11.0. The fourth-order valence-corrected chi connectivity index (χ4v) is 6.68. The Morgan fingerprint density at radius 2 is 2.00 bits per heavy atom. The number of aromatic nitrogens is 5. The van der Waals surface area contributed by atoms with E-state index in [1.807, 2.05) is 22.1 Å². The number of aryl methyl sites for hydroxylation is 4. The van der Waals surface area contributed by atoms with E-state index in [0.29, 0.717) is 5.75 Å². The van der Waals surface area contributed by atoms with E-state index in [0.717, 1.165) is 57.5 Å². The van der Waals surface area contributed by atoms with Crippen molar-refractivity contribution < 1.29 is 0 Å². The number of thioether (sulfide) groups is 1. The van der Waals surface area contributed by atoms with Crippen molar-refractivity contribution in [3.63, 3.8) is 0 Å². The minimum atomic E-state index is 0.110. The molecule has 0 saturated heterocycles. The lowest BCUT2D eigenvalue weighted by Crippen LogP contribution is -2.26. The highest BCUT2D eigenvalue weighted by Gasteiger charge is 2.24. The van der Waals surface area contributed by atoms with Crippen molar-refractivity contribution in [3.05, 3.63) is 50.1 Å². The molecule has 0 aromatic carbocycles. The van der Waals surface area contributed by atoms with Gasteiger partial charge in [0.05, 0.1) is 11.1 Å². The molecule has 0 amide bonds. The SMILES string of the molecule is CC[C@@H](C)n1c(SCc2cn3c(C)cc(C)nc3n2)nc2sc3c(c2c1=O)CCCC3. The average Bonchev–Trinajstić information content (AvgIpc) is 3.32. The number of rotatable bonds is 5. The van der Waals surface area contributed by atoms with Crippen LogP contribution in [-0.4, -0.2) is 23.9 Å². The number of imidazole rings is 1. The Balaban J connectivity index is 1.56. The van der Waals surface area contributed by atoms with E-state index >= 15 is 0 Å². The molecule has 4 aromatic rings. The van der Waals surface area contributed by atoms with E-state index < -0.39 is 0 Å². The van der Waals surface area contributed by atoms with E-state index in [1.54, 1.807) is 23.1 Å². The van der Waals surface area contributed by atoms with Crippen LogP contribution >= 0.6 is 23.1 Å². The van der Waals surface area contributed by atoms with Gasteiger partial charge in [0, 0.05) is 34.3 Å². The van der Waals surface area contributed by atoms with Gasteiger partial charge in [0.1, 0.15) is 4.83 Å². The van der Waals surface area contributed by atoms with Crippen molar-refractivity contribution in [3.8, 4) is 0 Å². The zero-order valence-corrected chi connectivity index (χ0v) is 20.1. The smallest absolute Gasteiger partial charge is 0.263 e. The second-order valence-electron chi connectivity index (χ2n) is 8.45. The number of nitrogens with zero attached hydrogens (tertiary/aromatic N) is 5. The van der Waals surface area contributed by atoms with E-state index in [-0.39, 0.29) is 11.6 Å². The molecule has 0 radical (unpaired) electrons. The molecule has 4 aromatic heterocycles. The molecule has 0 aliphatic heterocycles. The van der Waals surface area contributed by atoms with E-state index in [9.17, 15) is 4.79 Å². The van der Waals surface area contributed by atoms with Crippen molar-refractivity contribution in [2.24, 2.45) is 0 Å². The molecule has 1 aliphatic carbocycles. The van der Waals surface area contributed by atoms with Gasteiger partial charge in [0.15, 0.2) is 5.16 Å². The van der Waals surface area contributed by atoms with Crippen molar-refractivity contribution in [1.29, 1.82) is 0 Å². The van der Waals surface area contributed by atoms with Gasteiger partial charge < -0.3 is 0 Å². The molecule has 31 heavy (non-hydrogen) atoms. The number of fused-ring (bicyclic) bond motifs is 4. The molecule has 6 nitrogen and oxygen atoms in total. The normalized spacial score (nSPS) is 15.0. The molecule has 0 fully saturated rings. The molecule has 0 unspecified atom stereocenters. The first-order valence-corrected chi connectivity index (χ1v) is 12.8. The number of thiophene rings is 1. The van der Waals surface area contributed by atoms with Crippen LogP contribution in [0.1, 0.15) is 66.7 Å². The second kappa shape index (κ2) is 8.06. The zero-order valence-electron chi connectivity index (χ0n) is 18.4. The van der Waals surface area contributed by atoms with Gasteiger partial charge in [-0.3, -0.25) is 13.8 Å². The van der Waals surface area contributed by atoms with Crippen molar-refractivity contribution in [2.75, 3.05) is 0 Å². The van der Waals surface area contributed by atoms with Gasteiger partial charge in [-0.05, 0) is 64.5 Å². The lowest BCUT2D eigenvalue weighted by Gasteiger charge is -2.18. The maximum Gasteiger partial charge on any atom is 0.263 e. The minimum absolute atomic E-state index is 0.110. The van der Waals surface area contributed by atoms with Crippen LogP contribution in [0.3, 0.4) is 0 Å². The standard InChI is InChI=1S/C23H27N5OS2/c1-5-14(3)28-21(29)19-17-8-6-7-9-18(17)31-20(19)26-23(28)30-12-16-11-27-15(4)10-13(2)24-22(27)25-16/h10-11,14H,5-9,12H2,1-4H3/t14-/m1/s1. The maximum atomic E-state index is 13.6. The number of hydrogen-bond donors (Lipinski definition) is 0. The summed E-state index contributed by atoms with van der Waals surface area (Å²) in [5.41, 5.74) is 4.42. The summed E-state index contributed by atoms with van der Waals surface area (Å²) >= 11 is 3.32. The highest BCUT2D eigenvalue weighted by molar-refractivity contribution is 7.98. The fourth-order valence-electron chi connectivity index (χ4n) is 4.40. The van der Waals surface area contributed by atoms with Crippen LogP contribution in [0.4, 0.5) is 0 Å². The molecule has 8 heteroatoms. The molecule has 4 heterocycles. The van der Waals surface area contributed by atoms with Crippen LogP contribution in [0.25, 0.3) is 16.0 Å². The molecule has 0 bridgehead atoms. The lowest BCUT2D eigenvalue weighted by molar-refractivity contribution is 0.468. The molecule has 0 saturated carbocycles. The highest BCUT2D eigenvalue weighted by Crippen LogP contribution is 2.35. The summed E-state index contributed by atoms with van der Waals surface area (Å²) in [7, 11) is 0. The number of hydrogen-bond acceptors (Lipinski definition) is 6. The van der Waals surface area contributed by atoms with E-state index in [1.165, 1.54) is 23.3 Å². The average molecular weight is 454 g/mol. The summed E-state index contributed by atoms with van der Waals surface area (Å²) in [5.74, 6) is 1.38. The summed E-state index contributed by atoms with van der Waals surface area (Å²) in [6.07, 6.45) is 7.39. The monoisotopic (exact) mass is 453 g/mol. The summed E-state index contributed by atoms with van der Waals surface area (Å²) in [5, 5.41) is 1.66. The lowest BCUT2D eigenvalue weighted by atomic mass is 9.97. The summed E-state index contributed by atoms with van der Waals surface area (Å²) in [6.45, 7) is 8.28. The molecular weight excluding hydrogens is 426 g/mol. The first kappa shape index (κ1) is 20.7. The molecule has 162 valence electrons. The maximum absolute atomic E-state index is 13.6. The van der Waals surface area contributed by atoms with Gasteiger partial charge in [-0.2, -0.15) is 0 Å². The molecule has 1 atom stereocenters. The van der Waals surface area contributed by atoms with Crippen LogP contribution in [0.2, 0.25) is 0 Å². The largest absolute Gasteiger partial charge is 0.288 e. The molecular formula is C23H27N5OS2. The third-order valence-electron chi connectivity index (χ3n) is 6.18. The third-order valence-corrected chi connectivity index (χ3v) is 8.35. The third kappa shape index (κ3) is 3.59. The van der Waals surface area contributed by atoms with Gasteiger partial charge in [-0.1, -0.05) is 18.7 Å². The van der Waals surface area contributed by atoms with Crippen molar-refractivity contribution in [1.82, 2.24) is 23.9 Å². The van der Waals surface area contributed by atoms with E-state index in [2.05, 4.69) is 31.8 Å². The predicted octanol–water partition coefficient (Wildman–Crippen LogP) is 5.26. The Bertz CT molecular complexity index is 1350. The highest BCUT2D eigenvalue weighted by atomic mass is 32.2. The van der Waals surface area contributed by atoms with Gasteiger partial charge in [-0.15, -0.1) is 11.3 Å². The molecule has 1 aliphatic rings. The Kier molecular flexibility index (Phi) is 5.38. The van der Waals surface area contributed by atoms with Gasteiger partial charge in [-0.25, -0.2) is 15.0 Å². The first-order chi connectivity index (χ1) is 15.0. The Morgan fingerprint density at radius 3 is 2.81 bits per heavy atom. The topological polar surface area (TPSA) is 65.1 Å². The summed E-state index contributed by atoms with van der Waals surface area (Å²) < 4.78 is 3.94. The molecule has 5 rings (SSSR count). The quantitative estimate of drug-likeness (QED) is 0.305. The minimum Gasteiger partial charge on any atom is -0.288 e. The van der Waals surface area contributed by atoms with Gasteiger partial charge in [0.2, 0.25) is 5.78 Å².